The van der Waals surface area contributed by atoms with Crippen LogP contribution in [0, 0.1) is 0 Å². The number of alkyl halides is 6. The normalized spacial score (nSPS) is 12.7. The van der Waals surface area contributed by atoms with Crippen molar-refractivity contribution in [1.82, 2.24) is 10.2 Å². The van der Waals surface area contributed by atoms with Crippen molar-refractivity contribution in [1.29, 1.82) is 0 Å². The Bertz CT molecular complexity index is 569. The van der Waals surface area contributed by atoms with Crippen LogP contribution in [0.3, 0.4) is 0 Å². The van der Waals surface area contributed by atoms with E-state index in [0.717, 1.165) is 12.1 Å². The van der Waals surface area contributed by atoms with Crippen molar-refractivity contribution in [2.24, 2.45) is 0 Å². The van der Waals surface area contributed by atoms with Crippen molar-refractivity contribution in [3.63, 3.8) is 0 Å². The highest BCUT2D eigenvalue weighted by Gasteiger charge is 2.38. The predicted octanol–water partition coefficient (Wildman–Crippen LogP) is 3.77. The van der Waals surface area contributed by atoms with Crippen LogP contribution in [0.25, 0.3) is 11.5 Å². The molecule has 3 nitrogen and oxygen atoms in total. The van der Waals surface area contributed by atoms with Gasteiger partial charge in [0.2, 0.25) is 5.89 Å². The Morgan fingerprint density at radius 2 is 1.37 bits per heavy atom. The Hall–Kier alpha value is -2.06. The van der Waals surface area contributed by atoms with Crippen molar-refractivity contribution >= 4 is 0 Å². The first-order valence-electron chi connectivity index (χ1n) is 4.76. The van der Waals surface area contributed by atoms with Gasteiger partial charge in [-0.05, 0) is 24.3 Å². The number of rotatable bonds is 1. The zero-order valence-electron chi connectivity index (χ0n) is 8.88. The van der Waals surface area contributed by atoms with Crippen LogP contribution in [-0.2, 0) is 12.4 Å². The molecule has 0 spiro atoms. The minimum atomic E-state index is -4.79. The Balaban J connectivity index is 2.31. The molecule has 0 saturated heterocycles. The van der Waals surface area contributed by atoms with Crippen molar-refractivity contribution in [3.8, 4) is 11.5 Å². The van der Waals surface area contributed by atoms with Gasteiger partial charge in [0.1, 0.15) is 0 Å². The number of halogens is 6. The number of nitrogens with zero attached hydrogens (tertiary/aromatic N) is 2. The van der Waals surface area contributed by atoms with Gasteiger partial charge in [-0.15, -0.1) is 10.2 Å². The fourth-order valence-electron chi connectivity index (χ4n) is 1.26. The predicted molar refractivity (Wildman–Crippen MR) is 49.7 cm³/mol. The molecule has 0 amide bonds. The second-order valence-electron chi connectivity index (χ2n) is 3.49. The highest BCUT2D eigenvalue weighted by Crippen LogP contribution is 2.32. The fraction of sp³-hybridized carbons (Fsp3) is 0.200. The molecule has 0 N–H and O–H groups in total. The van der Waals surface area contributed by atoms with Gasteiger partial charge in [0, 0.05) is 5.56 Å². The molecule has 0 bridgehead atoms. The van der Waals surface area contributed by atoms with Crippen LogP contribution in [0.4, 0.5) is 26.3 Å². The monoisotopic (exact) mass is 282 g/mol. The van der Waals surface area contributed by atoms with E-state index in [1.165, 1.54) is 0 Å². The van der Waals surface area contributed by atoms with Gasteiger partial charge in [0.15, 0.2) is 0 Å². The van der Waals surface area contributed by atoms with E-state index in [4.69, 9.17) is 0 Å². The molecule has 0 aliphatic heterocycles. The molecule has 0 atom stereocenters. The minimum absolute atomic E-state index is 0.0315. The van der Waals surface area contributed by atoms with E-state index in [1.807, 2.05) is 0 Å². The minimum Gasteiger partial charge on any atom is -0.413 e. The van der Waals surface area contributed by atoms with E-state index >= 15 is 0 Å². The molecule has 0 saturated carbocycles. The molecule has 0 radical (unpaired) electrons. The highest BCUT2D eigenvalue weighted by molar-refractivity contribution is 5.53. The smallest absolute Gasteiger partial charge is 0.413 e. The second-order valence-corrected chi connectivity index (χ2v) is 3.49. The summed E-state index contributed by atoms with van der Waals surface area (Å²) in [6.07, 6.45) is -9.32. The topological polar surface area (TPSA) is 38.9 Å². The second kappa shape index (κ2) is 4.25. The fourth-order valence-corrected chi connectivity index (χ4v) is 1.26. The molecule has 2 rings (SSSR count). The van der Waals surface area contributed by atoms with Crippen molar-refractivity contribution < 1.29 is 30.8 Å². The lowest BCUT2D eigenvalue weighted by molar-refractivity contribution is -0.157. The standard InChI is InChI=1S/C10H4F6N2O/c11-9(12,13)6-3-1-5(2-4-6)7-17-18-8(19-7)10(14,15)16/h1-4H. The summed E-state index contributed by atoms with van der Waals surface area (Å²) in [5.41, 5.74) is -0.956. The van der Waals surface area contributed by atoms with Gasteiger partial charge in [-0.25, -0.2) is 0 Å². The molecule has 0 fully saturated rings. The summed E-state index contributed by atoms with van der Waals surface area (Å²) in [6, 6.07) is 3.34. The van der Waals surface area contributed by atoms with E-state index in [9.17, 15) is 26.3 Å². The molecule has 0 aliphatic rings. The maximum Gasteiger partial charge on any atom is 0.470 e. The lowest BCUT2D eigenvalue weighted by atomic mass is 10.1. The van der Waals surface area contributed by atoms with Crippen LogP contribution in [0.1, 0.15) is 11.5 Å². The third kappa shape index (κ3) is 2.85. The molecule has 0 unspecified atom stereocenters. The Morgan fingerprint density at radius 1 is 0.789 bits per heavy atom. The van der Waals surface area contributed by atoms with Crippen molar-refractivity contribution in [2.45, 2.75) is 12.4 Å². The van der Waals surface area contributed by atoms with Gasteiger partial charge >= 0.3 is 18.2 Å². The van der Waals surface area contributed by atoms with Crippen LogP contribution in [-0.4, -0.2) is 10.2 Å². The van der Waals surface area contributed by atoms with Crippen molar-refractivity contribution in [2.75, 3.05) is 0 Å². The summed E-state index contributed by atoms with van der Waals surface area (Å²) < 4.78 is 77.8. The summed E-state index contributed by atoms with van der Waals surface area (Å²) in [4.78, 5) is 0. The molecular formula is C10H4F6N2O. The van der Waals surface area contributed by atoms with E-state index in [-0.39, 0.29) is 5.56 Å². The zero-order valence-corrected chi connectivity index (χ0v) is 8.88. The molecule has 1 aromatic heterocycles. The third-order valence-electron chi connectivity index (χ3n) is 2.13. The molecule has 102 valence electrons. The first-order chi connectivity index (χ1) is 8.68. The Labute approximate surface area is 101 Å². The summed E-state index contributed by atoms with van der Waals surface area (Å²) in [7, 11) is 0. The highest BCUT2D eigenvalue weighted by atomic mass is 19.4. The lowest BCUT2D eigenvalue weighted by Crippen LogP contribution is -2.04. The number of hydrogen-bond acceptors (Lipinski definition) is 3. The van der Waals surface area contributed by atoms with E-state index in [1.54, 1.807) is 0 Å². The summed E-state index contributed by atoms with van der Waals surface area (Å²) in [5.74, 6) is -2.05. The summed E-state index contributed by atoms with van der Waals surface area (Å²) in [5, 5.41) is 5.90. The summed E-state index contributed by atoms with van der Waals surface area (Å²) >= 11 is 0. The van der Waals surface area contributed by atoms with E-state index in [0.29, 0.717) is 12.1 Å². The third-order valence-corrected chi connectivity index (χ3v) is 2.13. The van der Waals surface area contributed by atoms with Crippen LogP contribution < -0.4 is 0 Å². The number of aromatic nitrogens is 2. The average molecular weight is 282 g/mol. The maximum atomic E-state index is 12.3. The maximum absolute atomic E-state index is 12.3. The Morgan fingerprint density at radius 3 is 1.79 bits per heavy atom. The Kier molecular flexibility index (Phi) is 2.99. The molecule has 19 heavy (non-hydrogen) atoms. The molecule has 0 aliphatic carbocycles. The average Bonchev–Trinajstić information content (AvgIpc) is 2.77. The number of hydrogen-bond donors (Lipinski definition) is 0. The summed E-state index contributed by atoms with van der Waals surface area (Å²) in [6.45, 7) is 0. The van der Waals surface area contributed by atoms with Gasteiger partial charge in [-0.3, -0.25) is 0 Å². The first-order valence-corrected chi connectivity index (χ1v) is 4.76. The van der Waals surface area contributed by atoms with Crippen LogP contribution >= 0.6 is 0 Å². The largest absolute Gasteiger partial charge is 0.470 e. The molecule has 9 heteroatoms. The number of benzene rings is 1. The molecule has 1 aromatic carbocycles. The van der Waals surface area contributed by atoms with E-state index in [2.05, 4.69) is 14.6 Å². The first kappa shape index (κ1) is 13.4. The van der Waals surface area contributed by atoms with Gasteiger partial charge in [0.25, 0.3) is 0 Å². The molecule has 2 aromatic rings. The zero-order chi connectivity index (χ0) is 14.3. The quantitative estimate of drug-likeness (QED) is 0.747. The molecule has 1 heterocycles. The lowest BCUT2D eigenvalue weighted by Gasteiger charge is -2.05. The van der Waals surface area contributed by atoms with Gasteiger partial charge < -0.3 is 4.42 Å². The van der Waals surface area contributed by atoms with Crippen molar-refractivity contribution in [3.05, 3.63) is 35.7 Å². The molecular weight excluding hydrogens is 278 g/mol. The van der Waals surface area contributed by atoms with Gasteiger partial charge in [0.05, 0.1) is 5.56 Å². The van der Waals surface area contributed by atoms with Gasteiger partial charge in [-0.1, -0.05) is 0 Å². The van der Waals surface area contributed by atoms with Crippen LogP contribution in [0.15, 0.2) is 28.7 Å². The SMILES string of the molecule is FC(F)(F)c1ccc(-c2nnc(C(F)(F)F)o2)cc1. The van der Waals surface area contributed by atoms with E-state index < -0.39 is 29.7 Å². The van der Waals surface area contributed by atoms with Crippen LogP contribution in [0.5, 0.6) is 0 Å². The van der Waals surface area contributed by atoms with Gasteiger partial charge in [-0.2, -0.15) is 26.3 Å². The van der Waals surface area contributed by atoms with Crippen LogP contribution in [0.2, 0.25) is 0 Å².